The Balaban J connectivity index is 1.89. The van der Waals surface area contributed by atoms with Gasteiger partial charge in [-0.2, -0.15) is 0 Å². The first-order chi connectivity index (χ1) is 8.02. The van der Waals surface area contributed by atoms with E-state index in [0.717, 1.165) is 19.3 Å². The van der Waals surface area contributed by atoms with E-state index in [-0.39, 0.29) is 12.0 Å². The Morgan fingerprint density at radius 3 is 2.53 bits per heavy atom. The number of aliphatic carboxylic acids is 1. The zero-order chi connectivity index (χ0) is 12.5. The van der Waals surface area contributed by atoms with Gasteiger partial charge in [-0.25, -0.2) is 9.59 Å². The highest BCUT2D eigenvalue weighted by Gasteiger charge is 2.48. The maximum absolute atomic E-state index is 11.7. The fourth-order valence-electron chi connectivity index (χ4n) is 2.10. The van der Waals surface area contributed by atoms with Crippen molar-refractivity contribution in [3.63, 3.8) is 0 Å². The van der Waals surface area contributed by atoms with Gasteiger partial charge in [0.15, 0.2) is 0 Å². The lowest BCUT2D eigenvalue weighted by atomic mass is 9.96. The minimum atomic E-state index is -1.15. The molecule has 1 saturated carbocycles. The first kappa shape index (κ1) is 12.2. The van der Waals surface area contributed by atoms with Gasteiger partial charge in [0.1, 0.15) is 5.54 Å². The van der Waals surface area contributed by atoms with Crippen molar-refractivity contribution in [1.82, 2.24) is 10.6 Å². The van der Waals surface area contributed by atoms with Gasteiger partial charge in [-0.3, -0.25) is 0 Å². The summed E-state index contributed by atoms with van der Waals surface area (Å²) < 4.78 is 5.14. The summed E-state index contributed by atoms with van der Waals surface area (Å²) in [7, 11) is 0. The normalized spacial score (nSPS) is 27.2. The van der Waals surface area contributed by atoms with Crippen molar-refractivity contribution in [2.24, 2.45) is 5.92 Å². The number of rotatable bonds is 4. The summed E-state index contributed by atoms with van der Waals surface area (Å²) in [5.41, 5.74) is -1.15. The van der Waals surface area contributed by atoms with Crippen LogP contribution in [0.15, 0.2) is 0 Å². The van der Waals surface area contributed by atoms with Crippen LogP contribution >= 0.6 is 0 Å². The first-order valence-corrected chi connectivity index (χ1v) is 5.92. The molecule has 1 saturated heterocycles. The van der Waals surface area contributed by atoms with Crippen LogP contribution in [-0.4, -0.2) is 41.9 Å². The molecule has 0 spiro atoms. The number of hydrogen-bond acceptors (Lipinski definition) is 3. The van der Waals surface area contributed by atoms with E-state index in [1.165, 1.54) is 0 Å². The van der Waals surface area contributed by atoms with Crippen molar-refractivity contribution in [3.05, 3.63) is 0 Å². The number of carbonyl (C=O) groups excluding carboxylic acids is 1. The van der Waals surface area contributed by atoms with Crippen molar-refractivity contribution in [3.8, 4) is 0 Å². The lowest BCUT2D eigenvalue weighted by molar-refractivity contribution is -0.144. The van der Waals surface area contributed by atoms with Crippen LogP contribution in [0.1, 0.15) is 26.2 Å². The third-order valence-electron chi connectivity index (χ3n) is 3.48. The molecule has 0 radical (unpaired) electrons. The molecule has 1 heterocycles. The van der Waals surface area contributed by atoms with Gasteiger partial charge in [0.2, 0.25) is 0 Å². The molecule has 0 aromatic carbocycles. The summed E-state index contributed by atoms with van der Waals surface area (Å²) in [6.45, 7) is 2.71. The van der Waals surface area contributed by atoms with E-state index in [1.807, 2.05) is 0 Å². The molecule has 1 aliphatic carbocycles. The van der Waals surface area contributed by atoms with Crippen LogP contribution in [0.2, 0.25) is 0 Å². The Bertz CT molecular complexity index is 323. The molecule has 3 N–H and O–H groups in total. The van der Waals surface area contributed by atoms with Crippen molar-refractivity contribution in [1.29, 1.82) is 0 Å². The van der Waals surface area contributed by atoms with Crippen molar-refractivity contribution < 1.29 is 19.4 Å². The van der Waals surface area contributed by atoms with Crippen molar-refractivity contribution in [2.75, 3.05) is 13.2 Å². The molecule has 2 fully saturated rings. The minimum absolute atomic E-state index is 0.00718. The summed E-state index contributed by atoms with van der Waals surface area (Å²) in [5.74, 6) is -0.927. The molecule has 96 valence electrons. The van der Waals surface area contributed by atoms with E-state index >= 15 is 0 Å². The van der Waals surface area contributed by atoms with Gasteiger partial charge < -0.3 is 20.5 Å². The van der Waals surface area contributed by atoms with E-state index in [2.05, 4.69) is 10.6 Å². The fourth-order valence-corrected chi connectivity index (χ4v) is 2.10. The predicted octanol–water partition coefficient (Wildman–Crippen LogP) is 0.328. The Labute approximate surface area is 99.7 Å². The smallest absolute Gasteiger partial charge is 0.329 e. The highest BCUT2D eigenvalue weighted by Crippen LogP contribution is 2.39. The van der Waals surface area contributed by atoms with E-state index in [4.69, 9.17) is 4.74 Å². The highest BCUT2D eigenvalue weighted by molar-refractivity contribution is 5.86. The maximum atomic E-state index is 11.7. The quantitative estimate of drug-likeness (QED) is 0.663. The fraction of sp³-hybridized carbons (Fsp3) is 0.818. The van der Waals surface area contributed by atoms with Gasteiger partial charge in [0.05, 0.1) is 12.6 Å². The second kappa shape index (κ2) is 4.52. The molecule has 2 rings (SSSR count). The summed E-state index contributed by atoms with van der Waals surface area (Å²) >= 11 is 0. The van der Waals surface area contributed by atoms with Crippen molar-refractivity contribution in [2.45, 2.75) is 37.8 Å². The topological polar surface area (TPSA) is 87.7 Å². The van der Waals surface area contributed by atoms with E-state index in [1.54, 1.807) is 6.92 Å². The number of nitrogens with one attached hydrogen (secondary N) is 2. The molecule has 0 aromatic rings. The summed E-state index contributed by atoms with van der Waals surface area (Å²) in [6.07, 6.45) is 2.49. The van der Waals surface area contributed by atoms with Gasteiger partial charge in [0, 0.05) is 6.61 Å². The monoisotopic (exact) mass is 242 g/mol. The molecule has 2 amide bonds. The second-order valence-corrected chi connectivity index (χ2v) is 4.94. The second-order valence-electron chi connectivity index (χ2n) is 4.94. The van der Waals surface area contributed by atoms with Crippen LogP contribution in [0.3, 0.4) is 0 Å². The SMILES string of the molecule is CC(NC(=O)NC1CCOC1)(C(=O)O)C1CC1. The van der Waals surface area contributed by atoms with Gasteiger partial charge in [-0.1, -0.05) is 0 Å². The molecule has 6 heteroatoms. The third-order valence-corrected chi connectivity index (χ3v) is 3.48. The summed E-state index contributed by atoms with van der Waals surface area (Å²) in [6, 6.07) is -0.426. The molecular weight excluding hydrogens is 224 g/mol. The van der Waals surface area contributed by atoms with Crippen LogP contribution in [0, 0.1) is 5.92 Å². The molecule has 17 heavy (non-hydrogen) atoms. The first-order valence-electron chi connectivity index (χ1n) is 5.92. The summed E-state index contributed by atoms with van der Waals surface area (Å²) in [4.78, 5) is 22.9. The van der Waals surface area contributed by atoms with Gasteiger partial charge in [-0.15, -0.1) is 0 Å². The van der Waals surface area contributed by atoms with Gasteiger partial charge in [-0.05, 0) is 32.1 Å². The van der Waals surface area contributed by atoms with E-state index in [0.29, 0.717) is 13.2 Å². The zero-order valence-corrected chi connectivity index (χ0v) is 9.86. The van der Waals surface area contributed by atoms with Gasteiger partial charge >= 0.3 is 12.0 Å². The maximum Gasteiger partial charge on any atom is 0.329 e. The largest absolute Gasteiger partial charge is 0.480 e. The number of carbonyl (C=O) groups is 2. The standard InChI is InChI=1S/C11H18N2O4/c1-11(9(14)15,7-2-3-7)13-10(16)12-8-4-5-17-6-8/h7-8H,2-6H2,1H3,(H,14,15)(H2,12,13,16). The lowest BCUT2D eigenvalue weighted by Crippen LogP contribution is -2.58. The average Bonchev–Trinajstić information content (AvgIpc) is 2.99. The molecule has 0 bridgehead atoms. The minimum Gasteiger partial charge on any atom is -0.480 e. The summed E-state index contributed by atoms with van der Waals surface area (Å²) in [5, 5.41) is 14.5. The molecular formula is C11H18N2O4. The number of hydrogen-bond donors (Lipinski definition) is 3. The molecule has 2 unspecified atom stereocenters. The number of carboxylic acid groups (broad SMARTS) is 1. The number of urea groups is 1. The Hall–Kier alpha value is -1.30. The van der Waals surface area contributed by atoms with Gasteiger partial charge in [0.25, 0.3) is 0 Å². The van der Waals surface area contributed by atoms with Crippen LogP contribution in [0.4, 0.5) is 4.79 Å². The lowest BCUT2D eigenvalue weighted by Gasteiger charge is -2.27. The van der Waals surface area contributed by atoms with Crippen LogP contribution in [0.5, 0.6) is 0 Å². The molecule has 1 aliphatic heterocycles. The van der Waals surface area contributed by atoms with Crippen LogP contribution in [-0.2, 0) is 9.53 Å². The molecule has 2 atom stereocenters. The molecule has 2 aliphatic rings. The Morgan fingerprint density at radius 2 is 2.06 bits per heavy atom. The van der Waals surface area contributed by atoms with Crippen molar-refractivity contribution >= 4 is 12.0 Å². The number of ether oxygens (including phenoxy) is 1. The number of carboxylic acids is 1. The van der Waals surface area contributed by atoms with Crippen LogP contribution in [0.25, 0.3) is 0 Å². The van der Waals surface area contributed by atoms with E-state index < -0.39 is 17.5 Å². The Morgan fingerprint density at radius 1 is 1.35 bits per heavy atom. The molecule has 0 aromatic heterocycles. The predicted molar refractivity (Wildman–Crippen MR) is 59.7 cm³/mol. The number of amides is 2. The third kappa shape index (κ3) is 2.69. The zero-order valence-electron chi connectivity index (χ0n) is 9.86. The van der Waals surface area contributed by atoms with E-state index in [9.17, 15) is 14.7 Å². The average molecular weight is 242 g/mol. The highest BCUT2D eigenvalue weighted by atomic mass is 16.5. The molecule has 6 nitrogen and oxygen atoms in total. The Kier molecular flexibility index (Phi) is 3.24. The van der Waals surface area contributed by atoms with Crippen LogP contribution < -0.4 is 10.6 Å².